The van der Waals surface area contributed by atoms with Crippen molar-refractivity contribution in [1.82, 2.24) is 0 Å². The van der Waals surface area contributed by atoms with Gasteiger partial charge in [0.15, 0.2) is 0 Å². The Morgan fingerprint density at radius 3 is 2.65 bits per heavy atom. The van der Waals surface area contributed by atoms with E-state index in [-0.39, 0.29) is 12.9 Å². The maximum Gasteiger partial charge on any atom is 0.147 e. The summed E-state index contributed by atoms with van der Waals surface area (Å²) in [4.78, 5) is 0. The Morgan fingerprint density at radius 1 is 1.24 bits per heavy atom. The summed E-state index contributed by atoms with van der Waals surface area (Å²) < 4.78 is 15.8. The number of hydrogen-bond acceptors (Lipinski definition) is 3. The molecular weight excluding hydrogens is 216 g/mol. The van der Waals surface area contributed by atoms with Gasteiger partial charge in [-0.2, -0.15) is 0 Å². The number of benzene rings is 1. The molecule has 0 saturated heterocycles. The summed E-state index contributed by atoms with van der Waals surface area (Å²) in [6.45, 7) is 5.15. The molecule has 0 bridgehead atoms. The molecule has 0 saturated carbocycles. The third-order valence-electron chi connectivity index (χ3n) is 2.34. The second kappa shape index (κ2) is 8.93. The molecule has 1 unspecified atom stereocenters. The van der Waals surface area contributed by atoms with E-state index in [1.807, 2.05) is 36.4 Å². The quantitative estimate of drug-likeness (QED) is 0.375. The Morgan fingerprint density at radius 2 is 2.00 bits per heavy atom. The number of rotatable bonds is 9. The smallest absolute Gasteiger partial charge is 0.147 e. The van der Waals surface area contributed by atoms with Crippen LogP contribution in [0.25, 0.3) is 0 Å². The van der Waals surface area contributed by atoms with Crippen LogP contribution in [0.1, 0.15) is 18.1 Å². The third-order valence-corrected chi connectivity index (χ3v) is 2.34. The number of methoxy groups -OCH3 is 1. The van der Waals surface area contributed by atoms with Gasteiger partial charge in [-0.05, 0) is 12.0 Å². The molecule has 0 radical (unpaired) electrons. The van der Waals surface area contributed by atoms with Crippen molar-refractivity contribution >= 4 is 0 Å². The van der Waals surface area contributed by atoms with Crippen LogP contribution in [-0.4, -0.2) is 27.1 Å². The lowest BCUT2D eigenvalue weighted by Gasteiger charge is -2.16. The maximum absolute atomic E-state index is 5.67. The average Bonchev–Trinajstić information content (AvgIpc) is 2.38. The Bertz CT molecular complexity index is 298. The molecule has 0 heterocycles. The van der Waals surface area contributed by atoms with Crippen LogP contribution in [0.3, 0.4) is 0 Å². The lowest BCUT2D eigenvalue weighted by molar-refractivity contribution is -0.0980. The van der Waals surface area contributed by atoms with Crippen molar-refractivity contribution in [3.05, 3.63) is 48.6 Å². The summed E-state index contributed by atoms with van der Waals surface area (Å²) >= 11 is 0. The standard InChI is InChI=1S/C14H20O3/c1-3-7-14(13-8-5-4-6-9-13)17-12-16-11-10-15-2/h3-6,8-9,14H,1,7,10-12H2,2H3. The van der Waals surface area contributed by atoms with Crippen molar-refractivity contribution < 1.29 is 14.2 Å². The van der Waals surface area contributed by atoms with Crippen LogP contribution in [0.15, 0.2) is 43.0 Å². The monoisotopic (exact) mass is 236 g/mol. The van der Waals surface area contributed by atoms with E-state index in [1.54, 1.807) is 7.11 Å². The van der Waals surface area contributed by atoms with E-state index < -0.39 is 0 Å². The SMILES string of the molecule is C=CCC(OCOCCOC)c1ccccc1. The van der Waals surface area contributed by atoms with Crippen LogP contribution >= 0.6 is 0 Å². The zero-order valence-corrected chi connectivity index (χ0v) is 10.3. The van der Waals surface area contributed by atoms with E-state index in [2.05, 4.69) is 6.58 Å². The Balaban J connectivity index is 2.36. The van der Waals surface area contributed by atoms with E-state index in [0.717, 1.165) is 12.0 Å². The molecule has 1 aromatic rings. The van der Waals surface area contributed by atoms with Gasteiger partial charge < -0.3 is 14.2 Å². The second-order valence-electron chi connectivity index (χ2n) is 3.61. The summed E-state index contributed by atoms with van der Waals surface area (Å²) in [5, 5.41) is 0. The third kappa shape index (κ3) is 5.63. The molecule has 94 valence electrons. The molecule has 1 atom stereocenters. The minimum Gasteiger partial charge on any atom is -0.382 e. The number of hydrogen-bond donors (Lipinski definition) is 0. The van der Waals surface area contributed by atoms with Gasteiger partial charge in [0.05, 0.1) is 19.3 Å². The summed E-state index contributed by atoms with van der Waals surface area (Å²) in [7, 11) is 1.65. The van der Waals surface area contributed by atoms with Gasteiger partial charge in [-0.15, -0.1) is 6.58 Å². The molecule has 0 amide bonds. The zero-order valence-electron chi connectivity index (χ0n) is 10.3. The lowest BCUT2D eigenvalue weighted by atomic mass is 10.1. The van der Waals surface area contributed by atoms with Gasteiger partial charge in [0, 0.05) is 7.11 Å². The molecule has 3 nitrogen and oxygen atoms in total. The molecule has 0 N–H and O–H groups in total. The first-order chi connectivity index (χ1) is 8.38. The molecule has 0 fully saturated rings. The van der Waals surface area contributed by atoms with Gasteiger partial charge in [0.2, 0.25) is 0 Å². The predicted octanol–water partition coefficient (Wildman–Crippen LogP) is 2.94. The topological polar surface area (TPSA) is 27.7 Å². The van der Waals surface area contributed by atoms with Gasteiger partial charge in [0.25, 0.3) is 0 Å². The molecule has 3 heteroatoms. The molecule has 0 aliphatic rings. The van der Waals surface area contributed by atoms with Crippen molar-refractivity contribution in [1.29, 1.82) is 0 Å². The van der Waals surface area contributed by atoms with Gasteiger partial charge in [-0.25, -0.2) is 0 Å². The van der Waals surface area contributed by atoms with Crippen LogP contribution in [0.5, 0.6) is 0 Å². The summed E-state index contributed by atoms with van der Waals surface area (Å²) in [5.74, 6) is 0. The van der Waals surface area contributed by atoms with E-state index in [1.165, 1.54) is 0 Å². The second-order valence-corrected chi connectivity index (χ2v) is 3.61. The van der Waals surface area contributed by atoms with E-state index in [4.69, 9.17) is 14.2 Å². The van der Waals surface area contributed by atoms with Gasteiger partial charge >= 0.3 is 0 Å². The summed E-state index contributed by atoms with van der Waals surface area (Å²) in [5.41, 5.74) is 1.14. The molecule has 1 rings (SSSR count). The molecule has 0 aromatic heterocycles. The minimum atomic E-state index is 0.0104. The molecule has 1 aromatic carbocycles. The average molecular weight is 236 g/mol. The first-order valence-corrected chi connectivity index (χ1v) is 5.72. The van der Waals surface area contributed by atoms with Crippen molar-refractivity contribution in [3.63, 3.8) is 0 Å². The van der Waals surface area contributed by atoms with Crippen molar-refractivity contribution in [2.75, 3.05) is 27.1 Å². The molecule has 0 spiro atoms. The predicted molar refractivity (Wildman–Crippen MR) is 67.8 cm³/mol. The highest BCUT2D eigenvalue weighted by atomic mass is 16.7. The normalized spacial score (nSPS) is 12.3. The minimum absolute atomic E-state index is 0.0104. The van der Waals surface area contributed by atoms with E-state index in [9.17, 15) is 0 Å². The summed E-state index contributed by atoms with van der Waals surface area (Å²) in [6, 6.07) is 10.1. The fraction of sp³-hybridized carbons (Fsp3) is 0.429. The van der Waals surface area contributed by atoms with Crippen molar-refractivity contribution in [3.8, 4) is 0 Å². The molecule has 17 heavy (non-hydrogen) atoms. The van der Waals surface area contributed by atoms with Gasteiger partial charge in [-0.1, -0.05) is 36.4 Å². The molecule has 0 aliphatic heterocycles. The first kappa shape index (κ1) is 13.9. The van der Waals surface area contributed by atoms with Crippen LogP contribution in [0.2, 0.25) is 0 Å². The van der Waals surface area contributed by atoms with Crippen LogP contribution < -0.4 is 0 Å². The Kier molecular flexibility index (Phi) is 7.30. The van der Waals surface area contributed by atoms with Crippen molar-refractivity contribution in [2.45, 2.75) is 12.5 Å². The first-order valence-electron chi connectivity index (χ1n) is 5.72. The highest BCUT2D eigenvalue weighted by Gasteiger charge is 2.09. The highest BCUT2D eigenvalue weighted by molar-refractivity contribution is 5.18. The number of ether oxygens (including phenoxy) is 3. The van der Waals surface area contributed by atoms with Crippen LogP contribution in [0, 0.1) is 0 Å². The largest absolute Gasteiger partial charge is 0.382 e. The Hall–Kier alpha value is -1.16. The highest BCUT2D eigenvalue weighted by Crippen LogP contribution is 2.21. The van der Waals surface area contributed by atoms with Crippen LogP contribution in [0.4, 0.5) is 0 Å². The van der Waals surface area contributed by atoms with E-state index in [0.29, 0.717) is 13.2 Å². The summed E-state index contributed by atoms with van der Waals surface area (Å²) in [6.07, 6.45) is 2.64. The fourth-order valence-corrected chi connectivity index (χ4v) is 1.45. The van der Waals surface area contributed by atoms with Crippen LogP contribution in [-0.2, 0) is 14.2 Å². The zero-order chi connectivity index (χ0) is 12.3. The lowest BCUT2D eigenvalue weighted by Crippen LogP contribution is -2.10. The van der Waals surface area contributed by atoms with Gasteiger partial charge in [-0.3, -0.25) is 0 Å². The molecule has 0 aliphatic carbocycles. The van der Waals surface area contributed by atoms with Gasteiger partial charge in [0.1, 0.15) is 6.79 Å². The maximum atomic E-state index is 5.67. The van der Waals surface area contributed by atoms with E-state index >= 15 is 0 Å². The van der Waals surface area contributed by atoms with Crippen molar-refractivity contribution in [2.24, 2.45) is 0 Å². The Labute approximate surface area is 103 Å². The molecular formula is C14H20O3. The fourth-order valence-electron chi connectivity index (χ4n) is 1.45.